The van der Waals surface area contributed by atoms with E-state index in [-0.39, 0.29) is 0 Å². The second kappa shape index (κ2) is 11.9. The van der Waals surface area contributed by atoms with Crippen molar-refractivity contribution in [3.63, 3.8) is 0 Å². The highest BCUT2D eigenvalue weighted by Crippen LogP contribution is 2.44. The Morgan fingerprint density at radius 1 is 0.682 bits per heavy atom. The molecule has 0 rings (SSSR count). The van der Waals surface area contributed by atoms with Crippen LogP contribution in [0.25, 0.3) is 0 Å². The maximum absolute atomic E-state index is 5.90. The van der Waals surface area contributed by atoms with Crippen LogP contribution in [0.2, 0.25) is 0 Å². The molecule has 0 aliphatic rings. The molecule has 0 bridgehead atoms. The van der Waals surface area contributed by atoms with Gasteiger partial charge in [0.15, 0.2) is 0 Å². The van der Waals surface area contributed by atoms with Gasteiger partial charge in [-0.15, -0.1) is 0 Å². The predicted octanol–water partition coefficient (Wildman–Crippen LogP) is 4.50. The van der Waals surface area contributed by atoms with Gasteiger partial charge in [0.05, 0.1) is 0 Å². The van der Waals surface area contributed by atoms with Crippen molar-refractivity contribution in [2.45, 2.75) is 79.6 Å². The summed E-state index contributed by atoms with van der Waals surface area (Å²) in [5.74, 6) is 0. The van der Waals surface area contributed by atoms with E-state index < -0.39 is 7.73 Å². The minimum atomic E-state index is -1.74. The lowest BCUT2D eigenvalue weighted by molar-refractivity contribution is -0.283. The highest BCUT2D eigenvalue weighted by atomic mass is 35.7. The van der Waals surface area contributed by atoms with Crippen LogP contribution in [-0.4, -0.2) is 47.4 Å². The van der Waals surface area contributed by atoms with Gasteiger partial charge in [-0.25, -0.2) is 9.78 Å². The van der Waals surface area contributed by atoms with Crippen molar-refractivity contribution < 1.29 is 19.1 Å². The van der Waals surface area contributed by atoms with Gasteiger partial charge in [0.2, 0.25) is 0 Å². The molecule has 8 heteroatoms. The summed E-state index contributed by atoms with van der Waals surface area (Å²) in [6.45, 7) is 17.4. The second-order valence-corrected chi connectivity index (χ2v) is 7.81. The SMILES string of the molecule is CC(C)N(COOP(Cl)OOCN(C(C)C)C(C)C)C(C)C. The van der Waals surface area contributed by atoms with Crippen LogP contribution < -0.4 is 0 Å². The van der Waals surface area contributed by atoms with E-state index in [2.05, 4.69) is 65.2 Å². The summed E-state index contributed by atoms with van der Waals surface area (Å²) in [5.41, 5.74) is 0. The number of halogens is 1. The molecule has 0 saturated carbocycles. The summed E-state index contributed by atoms with van der Waals surface area (Å²) < 4.78 is 10.00. The monoisotopic (exact) mass is 358 g/mol. The predicted molar refractivity (Wildman–Crippen MR) is 91.1 cm³/mol. The van der Waals surface area contributed by atoms with Gasteiger partial charge >= 0.3 is 7.73 Å². The fraction of sp³-hybridized carbons (Fsp3) is 1.00. The Morgan fingerprint density at radius 3 is 1.18 bits per heavy atom. The Hall–Kier alpha value is 0.480. The van der Waals surface area contributed by atoms with Gasteiger partial charge in [0.25, 0.3) is 0 Å². The molecule has 0 radical (unpaired) electrons. The first-order valence-corrected chi connectivity index (χ1v) is 9.81. The van der Waals surface area contributed by atoms with Crippen LogP contribution >= 0.6 is 19.0 Å². The van der Waals surface area contributed by atoms with Crippen LogP contribution in [0.4, 0.5) is 0 Å². The zero-order valence-corrected chi connectivity index (χ0v) is 16.7. The first-order valence-electron chi connectivity index (χ1n) is 7.73. The van der Waals surface area contributed by atoms with Crippen LogP contribution in [0, 0.1) is 0 Å². The molecule has 134 valence electrons. The molecule has 0 unspecified atom stereocenters. The molecule has 0 saturated heterocycles. The molecule has 0 N–H and O–H groups in total. The van der Waals surface area contributed by atoms with Gasteiger partial charge in [0.1, 0.15) is 13.5 Å². The highest BCUT2D eigenvalue weighted by Gasteiger charge is 2.18. The summed E-state index contributed by atoms with van der Waals surface area (Å²) in [6.07, 6.45) is 0. The van der Waals surface area contributed by atoms with Crippen LogP contribution in [0.1, 0.15) is 55.4 Å². The quantitative estimate of drug-likeness (QED) is 0.221. The Morgan fingerprint density at radius 2 is 0.955 bits per heavy atom. The molecule has 0 heterocycles. The van der Waals surface area contributed by atoms with Gasteiger partial charge in [-0.05, 0) is 66.6 Å². The maximum Gasteiger partial charge on any atom is 0.341 e. The molecule has 0 atom stereocenters. The van der Waals surface area contributed by atoms with Crippen molar-refractivity contribution >= 4 is 19.0 Å². The molecule has 0 amide bonds. The fourth-order valence-corrected chi connectivity index (χ4v) is 2.58. The molecule has 0 aliphatic carbocycles. The van der Waals surface area contributed by atoms with Crippen LogP contribution in [0.15, 0.2) is 0 Å². The van der Waals surface area contributed by atoms with Crippen molar-refractivity contribution in [3.05, 3.63) is 0 Å². The maximum atomic E-state index is 5.90. The average Bonchev–Trinajstić information content (AvgIpc) is 2.37. The van der Waals surface area contributed by atoms with Gasteiger partial charge in [0, 0.05) is 24.2 Å². The molecule has 0 aromatic heterocycles. The first-order chi connectivity index (χ1) is 10.2. The molecule has 0 aliphatic heterocycles. The largest absolute Gasteiger partial charge is 0.341 e. The Labute approximate surface area is 141 Å². The number of rotatable bonds is 12. The Bertz CT molecular complexity index is 242. The third kappa shape index (κ3) is 9.58. The van der Waals surface area contributed by atoms with E-state index >= 15 is 0 Å². The van der Waals surface area contributed by atoms with Crippen molar-refractivity contribution in [1.29, 1.82) is 0 Å². The topological polar surface area (TPSA) is 43.4 Å². The zero-order chi connectivity index (χ0) is 17.3. The third-order valence-corrected chi connectivity index (χ3v) is 4.06. The summed E-state index contributed by atoms with van der Waals surface area (Å²) in [4.78, 5) is 14.5. The van der Waals surface area contributed by atoms with E-state index in [0.717, 1.165) is 0 Å². The second-order valence-electron chi connectivity index (χ2n) is 6.26. The van der Waals surface area contributed by atoms with E-state index in [1.54, 1.807) is 0 Å². The molecular weight excluding hydrogens is 327 g/mol. The number of hydrogen-bond acceptors (Lipinski definition) is 6. The van der Waals surface area contributed by atoms with E-state index in [1.165, 1.54) is 0 Å². The van der Waals surface area contributed by atoms with E-state index in [4.69, 9.17) is 30.4 Å². The molecule has 22 heavy (non-hydrogen) atoms. The number of nitrogens with zero attached hydrogens (tertiary/aromatic N) is 2. The summed E-state index contributed by atoms with van der Waals surface area (Å²) in [7, 11) is -1.74. The van der Waals surface area contributed by atoms with Crippen molar-refractivity contribution in [1.82, 2.24) is 9.80 Å². The summed E-state index contributed by atoms with van der Waals surface area (Å²) in [6, 6.07) is 1.42. The lowest BCUT2D eigenvalue weighted by Gasteiger charge is -2.30. The van der Waals surface area contributed by atoms with Gasteiger partial charge < -0.3 is 0 Å². The zero-order valence-electron chi connectivity index (χ0n) is 15.1. The molecule has 0 aromatic rings. The van der Waals surface area contributed by atoms with Crippen LogP contribution in [0.5, 0.6) is 0 Å². The summed E-state index contributed by atoms with van der Waals surface area (Å²) in [5, 5.41) is 0. The molecule has 0 fully saturated rings. The van der Waals surface area contributed by atoms with Crippen molar-refractivity contribution in [2.75, 3.05) is 13.5 Å². The fourth-order valence-electron chi connectivity index (χ4n) is 2.05. The third-order valence-electron chi connectivity index (χ3n) is 3.28. The molecule has 0 spiro atoms. The first kappa shape index (κ1) is 22.5. The molecule has 0 aromatic carbocycles. The van der Waals surface area contributed by atoms with Crippen molar-refractivity contribution in [2.24, 2.45) is 0 Å². The number of hydrogen-bond donors (Lipinski definition) is 0. The van der Waals surface area contributed by atoms with Crippen LogP contribution in [-0.2, 0) is 19.1 Å². The average molecular weight is 359 g/mol. The summed E-state index contributed by atoms with van der Waals surface area (Å²) >= 11 is 5.90. The van der Waals surface area contributed by atoms with Gasteiger partial charge in [-0.1, -0.05) is 0 Å². The minimum Gasteiger partial charge on any atom is -0.273 e. The van der Waals surface area contributed by atoms with Gasteiger partial charge in [-0.3, -0.25) is 9.80 Å². The van der Waals surface area contributed by atoms with E-state index in [1.807, 2.05) is 0 Å². The van der Waals surface area contributed by atoms with E-state index in [9.17, 15) is 0 Å². The van der Waals surface area contributed by atoms with Crippen molar-refractivity contribution in [3.8, 4) is 0 Å². The normalized spacial score (nSPS) is 13.1. The Balaban J connectivity index is 3.93. The Kier molecular flexibility index (Phi) is 12.2. The highest BCUT2D eigenvalue weighted by molar-refractivity contribution is 7.75. The van der Waals surface area contributed by atoms with E-state index in [0.29, 0.717) is 37.6 Å². The lowest BCUT2D eigenvalue weighted by Crippen LogP contribution is -2.38. The molecular formula is C14H32ClN2O4P. The lowest BCUT2D eigenvalue weighted by atomic mass is 10.2. The minimum absolute atomic E-state index is 0.328. The smallest absolute Gasteiger partial charge is 0.273 e. The standard InChI is InChI=1S/C14H32ClN2O4P/c1-11(2)16(12(3)4)9-18-20-22(15)21-19-10-17(13(5)6)14(7)8/h11-14H,9-10H2,1-8H3. The molecule has 6 nitrogen and oxygen atoms in total. The van der Waals surface area contributed by atoms with Gasteiger partial charge in [-0.2, -0.15) is 9.35 Å². The van der Waals surface area contributed by atoms with Crippen LogP contribution in [0.3, 0.4) is 0 Å².